The molecule has 0 spiro atoms. The molecule has 6 heteroatoms. The summed E-state index contributed by atoms with van der Waals surface area (Å²) in [7, 11) is 2.02. The van der Waals surface area contributed by atoms with Crippen LogP contribution in [0.2, 0.25) is 0 Å². The van der Waals surface area contributed by atoms with E-state index in [0.29, 0.717) is 19.0 Å². The third-order valence-electron chi connectivity index (χ3n) is 5.03. The minimum absolute atomic E-state index is 0.0751. The first kappa shape index (κ1) is 15.5. The van der Waals surface area contributed by atoms with Crippen LogP contribution in [-0.4, -0.2) is 64.2 Å². The maximum absolute atomic E-state index is 12.7. The van der Waals surface area contributed by atoms with Gasteiger partial charge in [0.2, 0.25) is 5.91 Å². The van der Waals surface area contributed by atoms with E-state index in [1.165, 1.54) is 0 Å². The number of piperidine rings is 1. The molecule has 2 fully saturated rings. The molecule has 0 N–H and O–H groups in total. The summed E-state index contributed by atoms with van der Waals surface area (Å²) in [6, 6.07) is 0.313. The topological polar surface area (TPSA) is 41.4 Å². The number of halogens is 1. The summed E-state index contributed by atoms with van der Waals surface area (Å²) >= 11 is 0. The summed E-state index contributed by atoms with van der Waals surface area (Å²) in [5.74, 6) is 1.19. The van der Waals surface area contributed by atoms with Gasteiger partial charge in [-0.15, -0.1) is 0 Å². The van der Waals surface area contributed by atoms with Crippen LogP contribution >= 0.6 is 0 Å². The van der Waals surface area contributed by atoms with Gasteiger partial charge in [0.1, 0.15) is 5.82 Å². The first-order valence-corrected chi connectivity index (χ1v) is 8.21. The van der Waals surface area contributed by atoms with Gasteiger partial charge < -0.3 is 14.4 Å². The third kappa shape index (κ3) is 3.32. The SMILES string of the molecule is Cn1ccnc1CCN1CCC(N2CC(CF)CC2=O)CC1. The fourth-order valence-corrected chi connectivity index (χ4v) is 3.61. The number of likely N-dealkylation sites (tertiary alicyclic amines) is 2. The highest BCUT2D eigenvalue weighted by molar-refractivity contribution is 5.79. The van der Waals surface area contributed by atoms with Crippen molar-refractivity contribution in [2.75, 3.05) is 32.9 Å². The number of hydrogen-bond acceptors (Lipinski definition) is 3. The summed E-state index contributed by atoms with van der Waals surface area (Å²) in [6.07, 6.45) is 7.18. The van der Waals surface area contributed by atoms with E-state index < -0.39 is 0 Å². The summed E-state index contributed by atoms with van der Waals surface area (Å²) < 4.78 is 14.8. The lowest BCUT2D eigenvalue weighted by molar-refractivity contribution is -0.130. The lowest BCUT2D eigenvalue weighted by Gasteiger charge is -2.36. The van der Waals surface area contributed by atoms with Crippen LogP contribution in [0.15, 0.2) is 12.4 Å². The predicted molar refractivity (Wildman–Crippen MR) is 82.2 cm³/mol. The predicted octanol–water partition coefficient (Wildman–Crippen LogP) is 1.24. The normalized spacial score (nSPS) is 24.4. The van der Waals surface area contributed by atoms with E-state index in [1.807, 2.05) is 24.3 Å². The number of hydrogen-bond donors (Lipinski definition) is 0. The number of alkyl halides is 1. The maximum atomic E-state index is 12.7. The van der Waals surface area contributed by atoms with Crippen molar-refractivity contribution in [3.8, 4) is 0 Å². The number of carbonyl (C=O) groups is 1. The molecule has 2 aliphatic rings. The standard InChI is InChI=1S/C16H25FN4O/c1-19-9-5-18-15(19)4-8-20-6-2-14(3-7-20)21-12-13(11-17)10-16(21)22/h5,9,13-14H,2-4,6-8,10-12H2,1H3. The molecule has 1 amide bonds. The molecule has 0 bridgehead atoms. The van der Waals surface area contributed by atoms with Crippen molar-refractivity contribution in [3.63, 3.8) is 0 Å². The van der Waals surface area contributed by atoms with Crippen LogP contribution in [-0.2, 0) is 18.3 Å². The average Bonchev–Trinajstić information content (AvgIpc) is 3.11. The number of imidazole rings is 1. The molecule has 5 nitrogen and oxygen atoms in total. The Hall–Kier alpha value is -1.43. The van der Waals surface area contributed by atoms with Crippen molar-refractivity contribution in [2.45, 2.75) is 31.7 Å². The molecule has 22 heavy (non-hydrogen) atoms. The van der Waals surface area contributed by atoms with Crippen molar-refractivity contribution in [2.24, 2.45) is 13.0 Å². The van der Waals surface area contributed by atoms with Crippen molar-refractivity contribution in [3.05, 3.63) is 18.2 Å². The fourth-order valence-electron chi connectivity index (χ4n) is 3.61. The van der Waals surface area contributed by atoms with E-state index in [2.05, 4.69) is 14.5 Å². The minimum Gasteiger partial charge on any atom is -0.339 e. The van der Waals surface area contributed by atoms with Crippen LogP contribution in [0, 0.1) is 5.92 Å². The average molecular weight is 308 g/mol. The van der Waals surface area contributed by atoms with Gasteiger partial charge >= 0.3 is 0 Å². The first-order chi connectivity index (χ1) is 10.7. The van der Waals surface area contributed by atoms with Crippen LogP contribution in [0.1, 0.15) is 25.1 Å². The van der Waals surface area contributed by atoms with Crippen LogP contribution in [0.25, 0.3) is 0 Å². The molecule has 1 aromatic rings. The zero-order valence-electron chi connectivity index (χ0n) is 13.2. The second-order valence-corrected chi connectivity index (χ2v) is 6.55. The van der Waals surface area contributed by atoms with Crippen molar-refractivity contribution < 1.29 is 9.18 Å². The van der Waals surface area contributed by atoms with Gasteiger partial charge in [-0.3, -0.25) is 9.18 Å². The smallest absolute Gasteiger partial charge is 0.223 e. The Labute approximate surface area is 131 Å². The number of nitrogens with zero attached hydrogens (tertiary/aromatic N) is 4. The Morgan fingerprint density at radius 2 is 2.14 bits per heavy atom. The zero-order chi connectivity index (χ0) is 15.5. The molecule has 122 valence electrons. The minimum atomic E-state index is -0.370. The molecule has 1 atom stereocenters. The molecule has 3 heterocycles. The van der Waals surface area contributed by atoms with Crippen molar-refractivity contribution >= 4 is 5.91 Å². The maximum Gasteiger partial charge on any atom is 0.223 e. The van der Waals surface area contributed by atoms with E-state index in [-0.39, 0.29) is 18.5 Å². The summed E-state index contributed by atoms with van der Waals surface area (Å²) in [5.41, 5.74) is 0. The van der Waals surface area contributed by atoms with Crippen LogP contribution in [0.3, 0.4) is 0 Å². The number of carbonyl (C=O) groups excluding carboxylic acids is 1. The summed E-state index contributed by atoms with van der Waals surface area (Å²) in [5, 5.41) is 0. The zero-order valence-corrected chi connectivity index (χ0v) is 13.2. The second kappa shape index (κ2) is 6.77. The molecule has 2 aliphatic heterocycles. The number of rotatable bonds is 5. The molecular formula is C16H25FN4O. The summed E-state index contributed by atoms with van der Waals surface area (Å²) in [6.45, 7) is 3.29. The second-order valence-electron chi connectivity index (χ2n) is 6.55. The first-order valence-electron chi connectivity index (χ1n) is 8.21. The quantitative estimate of drug-likeness (QED) is 0.822. The molecule has 0 saturated carbocycles. The molecule has 1 aromatic heterocycles. The molecule has 1 unspecified atom stereocenters. The van der Waals surface area contributed by atoms with Gasteiger partial charge in [0.15, 0.2) is 0 Å². The number of aromatic nitrogens is 2. The largest absolute Gasteiger partial charge is 0.339 e. The van der Waals surface area contributed by atoms with Crippen LogP contribution < -0.4 is 0 Å². The Bertz CT molecular complexity index is 510. The van der Waals surface area contributed by atoms with Crippen molar-refractivity contribution in [1.29, 1.82) is 0 Å². The summed E-state index contributed by atoms with van der Waals surface area (Å²) in [4.78, 5) is 20.7. The molecule has 0 aromatic carbocycles. The lowest BCUT2D eigenvalue weighted by atomic mass is 10.0. The fraction of sp³-hybridized carbons (Fsp3) is 0.750. The monoisotopic (exact) mass is 308 g/mol. The van der Waals surface area contributed by atoms with E-state index >= 15 is 0 Å². The molecule has 0 radical (unpaired) electrons. The van der Waals surface area contributed by atoms with Crippen LogP contribution in [0.5, 0.6) is 0 Å². The lowest BCUT2D eigenvalue weighted by Crippen LogP contribution is -2.46. The van der Waals surface area contributed by atoms with Gasteiger partial charge in [0.05, 0.1) is 6.67 Å². The third-order valence-corrected chi connectivity index (χ3v) is 5.03. The van der Waals surface area contributed by atoms with E-state index in [4.69, 9.17) is 0 Å². The van der Waals surface area contributed by atoms with Gasteiger partial charge in [0.25, 0.3) is 0 Å². The molecule has 0 aliphatic carbocycles. The van der Waals surface area contributed by atoms with Crippen LogP contribution in [0.4, 0.5) is 4.39 Å². The van der Waals surface area contributed by atoms with Gasteiger partial charge in [-0.05, 0) is 12.8 Å². The highest BCUT2D eigenvalue weighted by Gasteiger charge is 2.35. The molecular weight excluding hydrogens is 283 g/mol. The number of aryl methyl sites for hydroxylation is 1. The van der Waals surface area contributed by atoms with E-state index in [1.54, 1.807) is 0 Å². The van der Waals surface area contributed by atoms with E-state index in [0.717, 1.165) is 44.7 Å². The van der Waals surface area contributed by atoms with Gasteiger partial charge in [0, 0.05) is 70.4 Å². The molecule has 2 saturated heterocycles. The van der Waals surface area contributed by atoms with Gasteiger partial charge in [-0.2, -0.15) is 0 Å². The molecule has 3 rings (SSSR count). The highest BCUT2D eigenvalue weighted by Crippen LogP contribution is 2.25. The Balaban J connectivity index is 1.44. The van der Waals surface area contributed by atoms with Gasteiger partial charge in [-0.25, -0.2) is 4.98 Å². The van der Waals surface area contributed by atoms with E-state index in [9.17, 15) is 9.18 Å². The Morgan fingerprint density at radius 1 is 1.36 bits per heavy atom. The number of amides is 1. The Kier molecular flexibility index (Phi) is 4.76. The highest BCUT2D eigenvalue weighted by atomic mass is 19.1. The Morgan fingerprint density at radius 3 is 2.73 bits per heavy atom. The van der Waals surface area contributed by atoms with Gasteiger partial charge in [-0.1, -0.05) is 0 Å². The van der Waals surface area contributed by atoms with Crippen molar-refractivity contribution in [1.82, 2.24) is 19.4 Å².